The predicted octanol–water partition coefficient (Wildman–Crippen LogP) is 2.89. The third-order valence-corrected chi connectivity index (χ3v) is 5.21. The summed E-state index contributed by atoms with van der Waals surface area (Å²) in [5.74, 6) is -1.21. The molecule has 9 nitrogen and oxygen atoms in total. The standard InChI is InChI=1S/C25H38N4O5/c1-8-9-18(4)27-22(31)21(19-11-10-16(2)17(3)14-19)29(13-12-26)23(32)20(15-30)28-24(33)34-25(5,6)7/h10-11,14,18,20-21,30H,8-9,13,15H2,1-7H3,(H,27,31)(H,28,33). The Labute approximate surface area is 202 Å². The molecular formula is C25H38N4O5. The van der Waals surface area contributed by atoms with E-state index in [-0.39, 0.29) is 6.04 Å². The normalized spacial score (nSPS) is 13.7. The second kappa shape index (κ2) is 12.9. The number of carbonyl (C=O) groups excluding carboxylic acids is 3. The number of nitrogens with one attached hydrogen (secondary N) is 2. The minimum atomic E-state index is -1.39. The Morgan fingerprint density at radius 3 is 2.32 bits per heavy atom. The highest BCUT2D eigenvalue weighted by molar-refractivity contribution is 5.92. The number of hydrogen-bond donors (Lipinski definition) is 3. The highest BCUT2D eigenvalue weighted by Crippen LogP contribution is 2.25. The van der Waals surface area contributed by atoms with E-state index in [4.69, 9.17) is 4.74 Å². The third kappa shape index (κ3) is 8.67. The number of hydrogen-bond acceptors (Lipinski definition) is 6. The fraction of sp³-hybridized carbons (Fsp3) is 0.600. The first-order valence-electron chi connectivity index (χ1n) is 11.5. The van der Waals surface area contributed by atoms with Gasteiger partial charge in [0.05, 0.1) is 12.7 Å². The van der Waals surface area contributed by atoms with E-state index in [0.717, 1.165) is 28.9 Å². The van der Waals surface area contributed by atoms with Crippen LogP contribution in [0.25, 0.3) is 0 Å². The van der Waals surface area contributed by atoms with E-state index in [1.54, 1.807) is 32.9 Å². The molecule has 0 saturated carbocycles. The molecule has 3 atom stereocenters. The van der Waals surface area contributed by atoms with Crippen molar-refractivity contribution in [1.82, 2.24) is 15.5 Å². The highest BCUT2D eigenvalue weighted by Gasteiger charge is 2.36. The number of amides is 3. The molecule has 3 unspecified atom stereocenters. The lowest BCUT2D eigenvalue weighted by molar-refractivity contribution is -0.142. The molecule has 188 valence electrons. The summed E-state index contributed by atoms with van der Waals surface area (Å²) in [5.41, 5.74) is 1.66. The van der Waals surface area contributed by atoms with Gasteiger partial charge in [-0.3, -0.25) is 9.59 Å². The lowest BCUT2D eigenvalue weighted by atomic mass is 9.98. The number of aliphatic hydroxyl groups is 1. The van der Waals surface area contributed by atoms with Crippen LogP contribution in [-0.4, -0.2) is 58.8 Å². The first kappa shape index (κ1) is 28.9. The third-order valence-electron chi connectivity index (χ3n) is 5.21. The van der Waals surface area contributed by atoms with Crippen molar-refractivity contribution >= 4 is 17.9 Å². The van der Waals surface area contributed by atoms with Gasteiger partial charge in [0, 0.05) is 6.04 Å². The van der Waals surface area contributed by atoms with E-state index in [1.165, 1.54) is 0 Å². The quantitative estimate of drug-likeness (QED) is 0.447. The predicted molar refractivity (Wildman–Crippen MR) is 129 cm³/mol. The fourth-order valence-corrected chi connectivity index (χ4v) is 3.44. The SMILES string of the molecule is CCCC(C)NC(=O)C(c1ccc(C)c(C)c1)N(CC#N)C(=O)C(CO)NC(=O)OC(C)(C)C. The van der Waals surface area contributed by atoms with Gasteiger partial charge in [-0.15, -0.1) is 0 Å². The van der Waals surface area contributed by atoms with Crippen LogP contribution in [0.3, 0.4) is 0 Å². The fourth-order valence-electron chi connectivity index (χ4n) is 3.44. The van der Waals surface area contributed by atoms with Gasteiger partial charge >= 0.3 is 6.09 Å². The van der Waals surface area contributed by atoms with Crippen molar-refractivity contribution < 1.29 is 24.2 Å². The number of ether oxygens (including phenoxy) is 1. The molecule has 1 aromatic carbocycles. The maximum Gasteiger partial charge on any atom is 0.408 e. The second-order valence-corrected chi connectivity index (χ2v) is 9.45. The number of aliphatic hydroxyl groups excluding tert-OH is 1. The molecule has 34 heavy (non-hydrogen) atoms. The molecule has 0 heterocycles. The van der Waals surface area contributed by atoms with Crippen LogP contribution in [-0.2, 0) is 14.3 Å². The van der Waals surface area contributed by atoms with E-state index in [0.29, 0.717) is 5.56 Å². The van der Waals surface area contributed by atoms with Crippen LogP contribution >= 0.6 is 0 Å². The van der Waals surface area contributed by atoms with Gasteiger partial charge in [0.1, 0.15) is 24.2 Å². The van der Waals surface area contributed by atoms with E-state index in [9.17, 15) is 24.8 Å². The molecule has 0 aliphatic heterocycles. The lowest BCUT2D eigenvalue weighted by Gasteiger charge is -2.33. The minimum absolute atomic E-state index is 0.140. The Bertz CT molecular complexity index is 904. The zero-order valence-corrected chi connectivity index (χ0v) is 21.3. The molecule has 0 saturated heterocycles. The van der Waals surface area contributed by atoms with Crippen LogP contribution in [0, 0.1) is 25.2 Å². The lowest BCUT2D eigenvalue weighted by Crippen LogP contribution is -2.55. The number of carbonyl (C=O) groups is 3. The van der Waals surface area contributed by atoms with Crippen molar-refractivity contribution in [2.45, 2.75) is 85.0 Å². The first-order chi connectivity index (χ1) is 15.8. The minimum Gasteiger partial charge on any atom is -0.444 e. The summed E-state index contributed by atoms with van der Waals surface area (Å²) in [5, 5.41) is 24.6. The molecule has 0 aliphatic rings. The van der Waals surface area contributed by atoms with Gasteiger partial charge in [-0.1, -0.05) is 31.5 Å². The van der Waals surface area contributed by atoms with E-state index >= 15 is 0 Å². The summed E-state index contributed by atoms with van der Waals surface area (Å²) in [6, 6.07) is 4.66. The molecule has 0 radical (unpaired) electrons. The number of benzene rings is 1. The molecule has 1 rings (SSSR count). The maximum absolute atomic E-state index is 13.4. The van der Waals surface area contributed by atoms with Gasteiger partial charge in [-0.2, -0.15) is 5.26 Å². The molecule has 1 aromatic rings. The molecular weight excluding hydrogens is 436 g/mol. The highest BCUT2D eigenvalue weighted by atomic mass is 16.6. The Balaban J connectivity index is 3.39. The summed E-state index contributed by atoms with van der Waals surface area (Å²) in [6.45, 7) is 11.6. The molecule has 0 aliphatic carbocycles. The number of nitriles is 1. The Morgan fingerprint density at radius 2 is 1.82 bits per heavy atom. The van der Waals surface area contributed by atoms with Crippen LogP contribution in [0.2, 0.25) is 0 Å². The summed E-state index contributed by atoms with van der Waals surface area (Å²) in [6.07, 6.45) is 0.723. The Hall–Kier alpha value is -3.12. The molecule has 0 fully saturated rings. The summed E-state index contributed by atoms with van der Waals surface area (Å²) < 4.78 is 5.18. The van der Waals surface area contributed by atoms with Crippen LogP contribution in [0.5, 0.6) is 0 Å². The van der Waals surface area contributed by atoms with Crippen LogP contribution in [0.15, 0.2) is 18.2 Å². The number of alkyl carbamates (subject to hydrolysis) is 1. The van der Waals surface area contributed by atoms with Crippen LogP contribution in [0.1, 0.15) is 70.2 Å². The van der Waals surface area contributed by atoms with Crippen molar-refractivity contribution in [2.75, 3.05) is 13.2 Å². The number of nitrogens with zero attached hydrogens (tertiary/aromatic N) is 2. The average Bonchev–Trinajstić information content (AvgIpc) is 2.72. The van der Waals surface area contributed by atoms with Crippen molar-refractivity contribution in [1.29, 1.82) is 5.26 Å². The summed E-state index contributed by atoms with van der Waals surface area (Å²) in [4.78, 5) is 40.1. The topological polar surface area (TPSA) is 132 Å². The van der Waals surface area contributed by atoms with Gasteiger partial charge in [-0.05, 0) is 64.7 Å². The van der Waals surface area contributed by atoms with E-state index < -0.39 is 48.7 Å². The van der Waals surface area contributed by atoms with Crippen molar-refractivity contribution in [3.05, 3.63) is 34.9 Å². The van der Waals surface area contributed by atoms with Gasteiger partial charge in [0.25, 0.3) is 0 Å². The monoisotopic (exact) mass is 474 g/mol. The Kier molecular flexibility index (Phi) is 11.0. The van der Waals surface area contributed by atoms with E-state index in [2.05, 4.69) is 10.6 Å². The molecule has 0 spiro atoms. The average molecular weight is 475 g/mol. The van der Waals surface area contributed by atoms with Gasteiger partial charge < -0.3 is 25.4 Å². The number of rotatable bonds is 10. The summed E-state index contributed by atoms with van der Waals surface area (Å²) >= 11 is 0. The van der Waals surface area contributed by atoms with E-state index in [1.807, 2.05) is 39.8 Å². The molecule has 0 bridgehead atoms. The first-order valence-corrected chi connectivity index (χ1v) is 11.5. The van der Waals surface area contributed by atoms with Crippen molar-refractivity contribution in [3.63, 3.8) is 0 Å². The Morgan fingerprint density at radius 1 is 1.18 bits per heavy atom. The van der Waals surface area contributed by atoms with Crippen LogP contribution in [0.4, 0.5) is 4.79 Å². The number of aryl methyl sites for hydroxylation is 2. The van der Waals surface area contributed by atoms with Gasteiger partial charge in [0.15, 0.2) is 0 Å². The zero-order chi connectivity index (χ0) is 26.1. The molecule has 3 amide bonds. The molecule has 3 N–H and O–H groups in total. The van der Waals surface area contributed by atoms with Crippen molar-refractivity contribution in [2.24, 2.45) is 0 Å². The largest absolute Gasteiger partial charge is 0.444 e. The van der Waals surface area contributed by atoms with Gasteiger partial charge in [-0.25, -0.2) is 4.79 Å². The molecule has 0 aromatic heterocycles. The van der Waals surface area contributed by atoms with Crippen molar-refractivity contribution in [3.8, 4) is 6.07 Å². The smallest absolute Gasteiger partial charge is 0.408 e. The van der Waals surface area contributed by atoms with Crippen LogP contribution < -0.4 is 10.6 Å². The summed E-state index contributed by atoms with van der Waals surface area (Å²) in [7, 11) is 0. The zero-order valence-electron chi connectivity index (χ0n) is 21.3. The second-order valence-electron chi connectivity index (χ2n) is 9.45. The maximum atomic E-state index is 13.4. The molecule has 9 heteroatoms. The van der Waals surface area contributed by atoms with Gasteiger partial charge in [0.2, 0.25) is 11.8 Å².